The van der Waals surface area contributed by atoms with Gasteiger partial charge in [0.05, 0.1) is 11.9 Å². The maximum atomic E-state index is 14.1. The molecule has 0 unspecified atom stereocenters. The summed E-state index contributed by atoms with van der Waals surface area (Å²) in [6.07, 6.45) is 11.5. The number of nitrogens with zero attached hydrogens (tertiary/aromatic N) is 4. The van der Waals surface area contributed by atoms with Gasteiger partial charge < -0.3 is 16.0 Å². The van der Waals surface area contributed by atoms with Gasteiger partial charge in [-0.25, -0.2) is 14.4 Å². The number of terminal acetylenes is 1. The molecule has 0 saturated carbocycles. The smallest absolute Gasteiger partial charge is 0.224 e. The van der Waals surface area contributed by atoms with Crippen LogP contribution in [0.3, 0.4) is 0 Å². The lowest BCUT2D eigenvalue weighted by Crippen LogP contribution is -2.35. The minimum absolute atomic E-state index is 0.0752. The molecule has 0 amide bonds. The second kappa shape index (κ2) is 8.85. The van der Waals surface area contributed by atoms with Crippen LogP contribution < -0.4 is 16.0 Å². The van der Waals surface area contributed by atoms with E-state index in [0.717, 1.165) is 25.9 Å². The van der Waals surface area contributed by atoms with E-state index in [4.69, 9.17) is 6.42 Å². The first-order valence-corrected chi connectivity index (χ1v) is 9.48. The molecule has 1 aliphatic rings. The molecule has 0 atom stereocenters. The molecule has 7 nitrogen and oxygen atoms in total. The third kappa shape index (κ3) is 4.49. The Morgan fingerprint density at radius 2 is 2.14 bits per heavy atom. The predicted octanol–water partition coefficient (Wildman–Crippen LogP) is 3.37. The van der Waals surface area contributed by atoms with Crippen LogP contribution in [0.2, 0.25) is 0 Å². The highest BCUT2D eigenvalue weighted by molar-refractivity contribution is 5.75. The van der Waals surface area contributed by atoms with E-state index in [2.05, 4.69) is 36.8 Å². The molecule has 3 heterocycles. The summed E-state index contributed by atoms with van der Waals surface area (Å²) >= 11 is 0. The number of fused-ring (bicyclic) bond motifs is 1. The number of hydrogen-bond acceptors (Lipinski definition) is 6. The van der Waals surface area contributed by atoms with Crippen molar-refractivity contribution in [1.29, 1.82) is 0 Å². The average molecular weight is 383 g/mol. The minimum atomic E-state index is -0.445. The second-order valence-electron chi connectivity index (χ2n) is 7.07. The molecule has 28 heavy (non-hydrogen) atoms. The molecule has 0 spiro atoms. The average Bonchev–Trinajstić information content (AvgIpc) is 3.04. The molecule has 8 heteroatoms. The maximum Gasteiger partial charge on any atom is 0.224 e. The lowest BCUT2D eigenvalue weighted by molar-refractivity contribution is 0.477. The zero-order valence-electron chi connectivity index (χ0n) is 16.5. The SMILES string of the molecule is C#C/C=C\C(F)=C(/C)Nc1nc2cnc(NC3CCNCC3)nc2n1C(C)C. The van der Waals surface area contributed by atoms with E-state index >= 15 is 0 Å². The summed E-state index contributed by atoms with van der Waals surface area (Å²) in [5.41, 5.74) is 1.68. The van der Waals surface area contributed by atoms with E-state index < -0.39 is 5.83 Å². The minimum Gasteiger partial charge on any atom is -0.351 e. The number of rotatable bonds is 6. The van der Waals surface area contributed by atoms with Gasteiger partial charge in [0.2, 0.25) is 11.9 Å². The van der Waals surface area contributed by atoms with E-state index in [9.17, 15) is 4.39 Å². The molecule has 1 fully saturated rings. The van der Waals surface area contributed by atoms with Gasteiger partial charge in [0.15, 0.2) is 5.65 Å². The van der Waals surface area contributed by atoms with Gasteiger partial charge in [0, 0.05) is 12.1 Å². The molecule has 0 aliphatic carbocycles. The predicted molar refractivity (Wildman–Crippen MR) is 111 cm³/mol. The quantitative estimate of drug-likeness (QED) is 0.524. The number of nitrogens with one attached hydrogen (secondary N) is 3. The molecule has 3 rings (SSSR count). The molecule has 2 aromatic rings. The fourth-order valence-corrected chi connectivity index (χ4v) is 3.16. The van der Waals surface area contributed by atoms with Gasteiger partial charge in [-0.3, -0.25) is 4.57 Å². The first kappa shape index (κ1) is 19.8. The number of hydrogen-bond donors (Lipinski definition) is 3. The van der Waals surface area contributed by atoms with Crippen LogP contribution in [0.5, 0.6) is 0 Å². The molecular formula is C20H26FN7. The van der Waals surface area contributed by atoms with Crippen molar-refractivity contribution in [2.45, 2.75) is 45.7 Å². The van der Waals surface area contributed by atoms with Crippen LogP contribution in [0.15, 0.2) is 29.9 Å². The first-order chi connectivity index (χ1) is 13.5. The van der Waals surface area contributed by atoms with Crippen LogP contribution in [0, 0.1) is 12.3 Å². The Bertz CT molecular complexity index is 930. The molecule has 1 saturated heterocycles. The van der Waals surface area contributed by atoms with E-state index in [1.165, 1.54) is 12.2 Å². The molecule has 148 valence electrons. The van der Waals surface area contributed by atoms with Crippen LogP contribution >= 0.6 is 0 Å². The third-order valence-corrected chi connectivity index (χ3v) is 4.60. The fourth-order valence-electron chi connectivity index (χ4n) is 3.16. The Hall–Kier alpha value is -2.92. The van der Waals surface area contributed by atoms with Gasteiger partial charge >= 0.3 is 0 Å². The summed E-state index contributed by atoms with van der Waals surface area (Å²) in [6.45, 7) is 7.67. The summed E-state index contributed by atoms with van der Waals surface area (Å²) in [4.78, 5) is 13.6. The topological polar surface area (TPSA) is 79.7 Å². The third-order valence-electron chi connectivity index (χ3n) is 4.60. The Morgan fingerprint density at radius 1 is 1.39 bits per heavy atom. The Morgan fingerprint density at radius 3 is 2.82 bits per heavy atom. The number of piperidine rings is 1. The number of halogens is 1. The lowest BCUT2D eigenvalue weighted by atomic mass is 10.1. The maximum absolute atomic E-state index is 14.1. The molecule has 2 aromatic heterocycles. The summed E-state index contributed by atoms with van der Waals surface area (Å²) in [5, 5.41) is 9.78. The van der Waals surface area contributed by atoms with Gasteiger partial charge in [0.25, 0.3) is 0 Å². The van der Waals surface area contributed by atoms with Crippen LogP contribution in [0.4, 0.5) is 16.3 Å². The normalized spacial score (nSPS) is 16.4. The van der Waals surface area contributed by atoms with Crippen molar-refractivity contribution >= 4 is 23.1 Å². The van der Waals surface area contributed by atoms with Crippen LogP contribution in [-0.2, 0) is 0 Å². The van der Waals surface area contributed by atoms with E-state index in [1.54, 1.807) is 13.1 Å². The van der Waals surface area contributed by atoms with Crippen molar-refractivity contribution < 1.29 is 4.39 Å². The van der Waals surface area contributed by atoms with E-state index in [1.807, 2.05) is 18.4 Å². The summed E-state index contributed by atoms with van der Waals surface area (Å²) < 4.78 is 16.1. The number of aromatic nitrogens is 4. The molecule has 0 radical (unpaired) electrons. The number of imidazole rings is 1. The molecule has 3 N–H and O–H groups in total. The molecular weight excluding hydrogens is 357 g/mol. The van der Waals surface area contributed by atoms with E-state index in [-0.39, 0.29) is 6.04 Å². The lowest BCUT2D eigenvalue weighted by Gasteiger charge is -2.23. The monoisotopic (exact) mass is 383 g/mol. The van der Waals surface area contributed by atoms with Crippen molar-refractivity contribution in [3.63, 3.8) is 0 Å². The summed E-state index contributed by atoms with van der Waals surface area (Å²) in [5.74, 6) is 2.93. The van der Waals surface area contributed by atoms with Gasteiger partial charge in [-0.1, -0.05) is 5.92 Å². The fraction of sp³-hybridized carbons (Fsp3) is 0.450. The molecule has 0 aromatic carbocycles. The van der Waals surface area contributed by atoms with Gasteiger partial charge in [0.1, 0.15) is 11.3 Å². The standard InChI is InChI=1S/C20H26FN7/c1-5-6-7-16(21)14(4)24-20-26-17-12-23-19(25-15-8-10-22-11-9-15)27-18(17)28(20)13(2)3/h1,6-7,12-13,15,22H,8-11H2,2-4H3,(H,24,26)(H,23,25,27)/b7-6-,16-14-. The second-order valence-corrected chi connectivity index (χ2v) is 7.07. The van der Waals surface area contributed by atoms with Crippen LogP contribution in [0.1, 0.15) is 39.7 Å². The molecule has 0 bridgehead atoms. The zero-order chi connectivity index (χ0) is 20.1. The van der Waals surface area contributed by atoms with Crippen molar-refractivity contribution in [3.8, 4) is 12.3 Å². The Kier molecular flexibility index (Phi) is 6.26. The summed E-state index contributed by atoms with van der Waals surface area (Å²) in [7, 11) is 0. The highest BCUT2D eigenvalue weighted by Gasteiger charge is 2.18. The van der Waals surface area contributed by atoms with Crippen LogP contribution in [0.25, 0.3) is 11.2 Å². The van der Waals surface area contributed by atoms with E-state index in [0.29, 0.717) is 34.8 Å². The highest BCUT2D eigenvalue weighted by atomic mass is 19.1. The van der Waals surface area contributed by atoms with Crippen molar-refractivity contribution in [3.05, 3.63) is 29.9 Å². The number of anilines is 2. The van der Waals surface area contributed by atoms with Gasteiger partial charge in [-0.15, -0.1) is 6.42 Å². The first-order valence-electron chi connectivity index (χ1n) is 9.48. The largest absolute Gasteiger partial charge is 0.351 e. The van der Waals surface area contributed by atoms with Crippen molar-refractivity contribution in [1.82, 2.24) is 24.8 Å². The molecule has 1 aliphatic heterocycles. The van der Waals surface area contributed by atoms with Crippen LogP contribution in [-0.4, -0.2) is 38.7 Å². The summed E-state index contributed by atoms with van der Waals surface area (Å²) in [6, 6.07) is 0.431. The Labute approximate surface area is 164 Å². The Balaban J connectivity index is 1.92. The van der Waals surface area contributed by atoms with Gasteiger partial charge in [-0.05, 0) is 58.9 Å². The zero-order valence-corrected chi connectivity index (χ0v) is 16.5. The number of allylic oxidation sites excluding steroid dienone is 4. The van der Waals surface area contributed by atoms with Crippen molar-refractivity contribution in [2.24, 2.45) is 0 Å². The highest BCUT2D eigenvalue weighted by Crippen LogP contribution is 2.25. The van der Waals surface area contributed by atoms with Crippen molar-refractivity contribution in [2.75, 3.05) is 23.7 Å². The van der Waals surface area contributed by atoms with Gasteiger partial charge in [-0.2, -0.15) is 4.98 Å².